The molecule has 1 atom stereocenters. The highest BCUT2D eigenvalue weighted by molar-refractivity contribution is 5.77. The standard InChI is InChI=1S/C22H19FN4O4/c23-15-6-3-5-14(11-15)20-24-19(31-25-20)13-26-18-9-2-1-8-17(18)21(28)27(22(26)29)12-16-7-4-10-30-16/h1-3,5-6,8-9,11,16H,4,7,10,12-13H2. The number of ether oxygens (including phenoxy) is 1. The number of fused-ring (bicyclic) bond motifs is 1. The average Bonchev–Trinajstić information content (AvgIpc) is 3.46. The Morgan fingerprint density at radius 3 is 2.77 bits per heavy atom. The number of hydrogen-bond donors (Lipinski definition) is 0. The lowest BCUT2D eigenvalue weighted by Crippen LogP contribution is -2.42. The van der Waals surface area contributed by atoms with E-state index in [0.29, 0.717) is 23.1 Å². The van der Waals surface area contributed by atoms with Gasteiger partial charge in [0, 0.05) is 12.2 Å². The summed E-state index contributed by atoms with van der Waals surface area (Å²) in [6.45, 7) is 0.806. The molecule has 0 saturated carbocycles. The third-order valence-electron chi connectivity index (χ3n) is 5.39. The second-order valence-corrected chi connectivity index (χ2v) is 7.46. The van der Waals surface area contributed by atoms with E-state index in [2.05, 4.69) is 10.1 Å². The summed E-state index contributed by atoms with van der Waals surface area (Å²) in [4.78, 5) is 30.5. The highest BCUT2D eigenvalue weighted by Crippen LogP contribution is 2.18. The molecule has 2 aromatic heterocycles. The number of aromatic nitrogens is 4. The van der Waals surface area contributed by atoms with Crippen molar-refractivity contribution in [1.29, 1.82) is 0 Å². The van der Waals surface area contributed by atoms with E-state index in [1.54, 1.807) is 36.4 Å². The minimum Gasteiger partial charge on any atom is -0.376 e. The summed E-state index contributed by atoms with van der Waals surface area (Å²) >= 11 is 0. The molecular weight excluding hydrogens is 403 g/mol. The third-order valence-corrected chi connectivity index (χ3v) is 5.39. The summed E-state index contributed by atoms with van der Waals surface area (Å²) in [5, 5.41) is 4.32. The highest BCUT2D eigenvalue weighted by Gasteiger charge is 2.21. The van der Waals surface area contributed by atoms with Crippen molar-refractivity contribution in [3.05, 3.63) is 81.1 Å². The summed E-state index contributed by atoms with van der Waals surface area (Å²) in [5.41, 5.74) is 0.130. The van der Waals surface area contributed by atoms with Crippen LogP contribution in [0.1, 0.15) is 18.7 Å². The van der Waals surface area contributed by atoms with Crippen LogP contribution in [0.4, 0.5) is 4.39 Å². The molecule has 0 spiro atoms. The number of halogens is 1. The Labute approximate surface area is 175 Å². The zero-order valence-corrected chi connectivity index (χ0v) is 16.5. The molecule has 5 rings (SSSR count). The zero-order valence-electron chi connectivity index (χ0n) is 16.5. The van der Waals surface area contributed by atoms with Crippen molar-refractivity contribution < 1.29 is 13.7 Å². The molecule has 1 saturated heterocycles. The molecule has 0 radical (unpaired) electrons. The lowest BCUT2D eigenvalue weighted by molar-refractivity contribution is 0.0948. The molecule has 1 aliphatic rings. The van der Waals surface area contributed by atoms with Gasteiger partial charge in [-0.25, -0.2) is 9.18 Å². The van der Waals surface area contributed by atoms with Gasteiger partial charge in [0.2, 0.25) is 11.7 Å². The Kier molecular flexibility index (Phi) is 4.95. The molecule has 3 heterocycles. The Morgan fingerprint density at radius 1 is 1.10 bits per heavy atom. The second kappa shape index (κ2) is 7.92. The van der Waals surface area contributed by atoms with Crippen LogP contribution in [-0.4, -0.2) is 32.0 Å². The lowest BCUT2D eigenvalue weighted by atomic mass is 10.2. The number of nitrogens with zero attached hydrogens (tertiary/aromatic N) is 4. The largest absolute Gasteiger partial charge is 0.376 e. The van der Waals surface area contributed by atoms with Crippen molar-refractivity contribution in [2.75, 3.05) is 6.61 Å². The fourth-order valence-corrected chi connectivity index (χ4v) is 3.88. The third kappa shape index (κ3) is 3.68. The van der Waals surface area contributed by atoms with E-state index >= 15 is 0 Å². The van der Waals surface area contributed by atoms with Gasteiger partial charge < -0.3 is 9.26 Å². The van der Waals surface area contributed by atoms with Crippen molar-refractivity contribution in [2.45, 2.75) is 32.0 Å². The fraction of sp³-hybridized carbons (Fsp3) is 0.273. The van der Waals surface area contributed by atoms with Crippen molar-refractivity contribution >= 4 is 10.9 Å². The Bertz CT molecular complexity index is 1370. The molecule has 31 heavy (non-hydrogen) atoms. The zero-order chi connectivity index (χ0) is 21.4. The second-order valence-electron chi connectivity index (χ2n) is 7.46. The van der Waals surface area contributed by atoms with Gasteiger partial charge in [-0.05, 0) is 37.1 Å². The van der Waals surface area contributed by atoms with Crippen LogP contribution in [0.5, 0.6) is 0 Å². The predicted octanol–water partition coefficient (Wildman–Crippen LogP) is 2.58. The van der Waals surface area contributed by atoms with Gasteiger partial charge in [0.05, 0.1) is 23.6 Å². The van der Waals surface area contributed by atoms with Crippen molar-refractivity contribution in [1.82, 2.24) is 19.3 Å². The van der Waals surface area contributed by atoms with Gasteiger partial charge in [0.1, 0.15) is 12.4 Å². The van der Waals surface area contributed by atoms with E-state index in [1.165, 1.54) is 21.3 Å². The van der Waals surface area contributed by atoms with Crippen LogP contribution in [0.25, 0.3) is 22.3 Å². The van der Waals surface area contributed by atoms with Crippen LogP contribution in [-0.2, 0) is 17.8 Å². The first-order chi connectivity index (χ1) is 15.1. The summed E-state index contributed by atoms with van der Waals surface area (Å²) in [7, 11) is 0. The van der Waals surface area contributed by atoms with Crippen LogP contribution in [0.2, 0.25) is 0 Å². The summed E-state index contributed by atoms with van der Waals surface area (Å²) in [6.07, 6.45) is 1.55. The molecule has 8 nitrogen and oxygen atoms in total. The summed E-state index contributed by atoms with van der Waals surface area (Å²) in [6, 6.07) is 12.8. The van der Waals surface area contributed by atoms with E-state index in [4.69, 9.17) is 9.26 Å². The fourth-order valence-electron chi connectivity index (χ4n) is 3.88. The van der Waals surface area contributed by atoms with E-state index in [9.17, 15) is 14.0 Å². The van der Waals surface area contributed by atoms with Crippen LogP contribution in [0, 0.1) is 5.82 Å². The number of hydrogen-bond acceptors (Lipinski definition) is 6. The van der Waals surface area contributed by atoms with E-state index in [0.717, 1.165) is 12.8 Å². The molecule has 9 heteroatoms. The molecule has 158 valence electrons. The van der Waals surface area contributed by atoms with Crippen molar-refractivity contribution in [3.63, 3.8) is 0 Å². The molecule has 1 unspecified atom stereocenters. The molecule has 1 aliphatic heterocycles. The normalized spacial score (nSPS) is 16.2. The van der Waals surface area contributed by atoms with Gasteiger partial charge in [-0.15, -0.1) is 0 Å². The Balaban J connectivity index is 1.56. The molecule has 1 fully saturated rings. The van der Waals surface area contributed by atoms with Crippen LogP contribution in [0.3, 0.4) is 0 Å². The molecule has 4 aromatic rings. The maximum absolute atomic E-state index is 13.5. The molecule has 0 aliphatic carbocycles. The minimum absolute atomic E-state index is 0.0204. The summed E-state index contributed by atoms with van der Waals surface area (Å²) in [5.74, 6) is -0.0133. The maximum Gasteiger partial charge on any atom is 0.332 e. The molecule has 0 bridgehead atoms. The predicted molar refractivity (Wildman–Crippen MR) is 110 cm³/mol. The van der Waals surface area contributed by atoms with Crippen LogP contribution < -0.4 is 11.2 Å². The molecule has 0 N–H and O–H groups in total. The quantitative estimate of drug-likeness (QED) is 0.491. The van der Waals surface area contributed by atoms with Crippen LogP contribution in [0.15, 0.2) is 62.6 Å². The molecular formula is C22H19FN4O4. The topological polar surface area (TPSA) is 92.2 Å². The average molecular weight is 422 g/mol. The smallest absolute Gasteiger partial charge is 0.332 e. The van der Waals surface area contributed by atoms with Gasteiger partial charge in [-0.3, -0.25) is 13.9 Å². The SMILES string of the molecule is O=c1c2ccccc2n(Cc2nc(-c3cccc(F)c3)no2)c(=O)n1CC1CCCO1. The van der Waals surface area contributed by atoms with E-state index in [1.807, 2.05) is 0 Å². The van der Waals surface area contributed by atoms with E-state index < -0.39 is 11.5 Å². The van der Waals surface area contributed by atoms with Crippen molar-refractivity contribution in [3.8, 4) is 11.4 Å². The Morgan fingerprint density at radius 2 is 1.97 bits per heavy atom. The first-order valence-electron chi connectivity index (χ1n) is 10.0. The van der Waals surface area contributed by atoms with Crippen LogP contribution >= 0.6 is 0 Å². The van der Waals surface area contributed by atoms with Gasteiger partial charge in [0.25, 0.3) is 5.56 Å². The van der Waals surface area contributed by atoms with Crippen molar-refractivity contribution in [2.24, 2.45) is 0 Å². The number of para-hydroxylation sites is 1. The highest BCUT2D eigenvalue weighted by atomic mass is 19.1. The summed E-state index contributed by atoms with van der Waals surface area (Å²) < 4.78 is 27.1. The molecule has 0 amide bonds. The van der Waals surface area contributed by atoms with Gasteiger partial charge >= 0.3 is 5.69 Å². The van der Waals surface area contributed by atoms with Gasteiger partial charge in [-0.2, -0.15) is 4.98 Å². The molecule has 2 aromatic carbocycles. The van der Waals surface area contributed by atoms with Gasteiger partial charge in [0.15, 0.2) is 0 Å². The lowest BCUT2D eigenvalue weighted by Gasteiger charge is -2.15. The van der Waals surface area contributed by atoms with Gasteiger partial charge in [-0.1, -0.05) is 29.4 Å². The van der Waals surface area contributed by atoms with E-state index in [-0.39, 0.29) is 36.5 Å². The first-order valence-corrected chi connectivity index (χ1v) is 10.0. The first kappa shape index (κ1) is 19.4. The number of rotatable bonds is 5. The monoisotopic (exact) mass is 422 g/mol. The maximum atomic E-state index is 13.5. The Hall–Kier alpha value is -3.59. The minimum atomic E-state index is -0.468. The number of benzene rings is 2.